The molecule has 0 saturated carbocycles. The molecule has 0 radical (unpaired) electrons. The molecule has 2 heterocycles. The molecule has 9 nitrogen and oxygen atoms in total. The Kier molecular flexibility index (Phi) is 10.6. The average molecular weight is 614 g/mol. The lowest BCUT2D eigenvalue weighted by Crippen LogP contribution is -2.40. The molecule has 3 atom stereocenters. The highest BCUT2D eigenvalue weighted by Crippen LogP contribution is 2.32. The third-order valence-electron chi connectivity index (χ3n) is 7.49. The van der Waals surface area contributed by atoms with E-state index in [0.717, 1.165) is 24.1 Å². The van der Waals surface area contributed by atoms with E-state index in [4.69, 9.17) is 9.47 Å². The minimum atomic E-state index is -2.97. The Balaban J connectivity index is 1.61. The van der Waals surface area contributed by atoms with E-state index in [1.165, 1.54) is 24.3 Å². The van der Waals surface area contributed by atoms with Crippen molar-refractivity contribution in [1.29, 1.82) is 0 Å². The molecule has 1 fully saturated rings. The number of hydrogen-bond donors (Lipinski definition) is 2. The number of methoxy groups -OCH3 is 1. The average Bonchev–Trinajstić information content (AvgIpc) is 3.44. The van der Waals surface area contributed by atoms with Crippen LogP contribution in [0, 0.1) is 0 Å². The third kappa shape index (κ3) is 8.57. The topological polar surface area (TPSA) is 101 Å². The van der Waals surface area contributed by atoms with Crippen LogP contribution in [0.4, 0.5) is 13.6 Å². The number of aliphatic hydroxyl groups excluding tert-OH is 1. The van der Waals surface area contributed by atoms with Crippen LogP contribution in [0.1, 0.15) is 66.8 Å². The van der Waals surface area contributed by atoms with Gasteiger partial charge < -0.3 is 34.4 Å². The number of alkyl halides is 2. The van der Waals surface area contributed by atoms with Crippen molar-refractivity contribution in [3.63, 3.8) is 0 Å². The summed E-state index contributed by atoms with van der Waals surface area (Å²) in [7, 11) is 3.28. The second kappa shape index (κ2) is 14.2. The highest BCUT2D eigenvalue weighted by atomic mass is 19.3. The monoisotopic (exact) mass is 613 g/mol. The smallest absolute Gasteiger partial charge is 0.410 e. The van der Waals surface area contributed by atoms with Crippen molar-refractivity contribution in [3.05, 3.63) is 88.6 Å². The molecule has 3 unspecified atom stereocenters. The first-order valence-corrected chi connectivity index (χ1v) is 14.6. The summed E-state index contributed by atoms with van der Waals surface area (Å²) >= 11 is 0. The molecule has 4 rings (SSSR count). The van der Waals surface area contributed by atoms with E-state index in [0.29, 0.717) is 36.2 Å². The zero-order valence-corrected chi connectivity index (χ0v) is 25.8. The molecular formula is C33H41F2N3O6. The van der Waals surface area contributed by atoms with Crippen molar-refractivity contribution in [3.8, 4) is 5.75 Å². The second-order valence-electron chi connectivity index (χ2n) is 12.0. The molecule has 1 saturated heterocycles. The molecule has 2 aliphatic rings. The van der Waals surface area contributed by atoms with Gasteiger partial charge in [0.05, 0.1) is 6.54 Å². The number of benzene rings is 2. The summed E-state index contributed by atoms with van der Waals surface area (Å²) < 4.78 is 40.8. The first-order valence-electron chi connectivity index (χ1n) is 14.6. The highest BCUT2D eigenvalue weighted by Gasteiger charge is 2.33. The fourth-order valence-corrected chi connectivity index (χ4v) is 5.38. The number of likely N-dealkylation sites (N-methyl/N-ethyl adjacent to an activating group) is 1. The maximum atomic E-state index is 13.5. The zero-order valence-electron chi connectivity index (χ0n) is 25.8. The molecule has 0 aromatic heterocycles. The van der Waals surface area contributed by atoms with E-state index in [2.05, 4.69) is 10.1 Å². The normalized spacial score (nSPS) is 18.9. The van der Waals surface area contributed by atoms with E-state index >= 15 is 0 Å². The highest BCUT2D eigenvalue weighted by molar-refractivity contribution is 5.94. The minimum absolute atomic E-state index is 0.0307. The van der Waals surface area contributed by atoms with Gasteiger partial charge in [-0.1, -0.05) is 24.3 Å². The molecule has 11 heteroatoms. The van der Waals surface area contributed by atoms with Crippen molar-refractivity contribution >= 4 is 12.0 Å². The number of allylic oxidation sites excluding steroid dienone is 2. The minimum Gasteiger partial charge on any atom is -0.444 e. The predicted octanol–water partition coefficient (Wildman–Crippen LogP) is 5.40. The Morgan fingerprint density at radius 1 is 1.16 bits per heavy atom. The molecule has 2 aliphatic heterocycles. The quantitative estimate of drug-likeness (QED) is 0.370. The van der Waals surface area contributed by atoms with Crippen LogP contribution in [-0.2, 0) is 15.9 Å². The summed E-state index contributed by atoms with van der Waals surface area (Å²) in [5, 5.41) is 14.8. The lowest BCUT2D eigenvalue weighted by molar-refractivity contribution is -0.0498. The van der Waals surface area contributed by atoms with Gasteiger partial charge in [0, 0.05) is 38.0 Å². The van der Waals surface area contributed by atoms with Crippen LogP contribution >= 0.6 is 0 Å². The molecule has 238 valence electrons. The van der Waals surface area contributed by atoms with Crippen molar-refractivity contribution in [2.45, 2.75) is 70.6 Å². The number of hydrogen-bond acceptors (Lipinski definition) is 7. The van der Waals surface area contributed by atoms with E-state index in [-0.39, 0.29) is 30.0 Å². The first-order chi connectivity index (χ1) is 20.8. The van der Waals surface area contributed by atoms with Crippen molar-refractivity contribution < 1.29 is 37.7 Å². The van der Waals surface area contributed by atoms with Gasteiger partial charge in [-0.05, 0) is 93.1 Å². The number of ether oxygens (including phenoxy) is 3. The van der Waals surface area contributed by atoms with Gasteiger partial charge in [-0.3, -0.25) is 4.79 Å². The lowest BCUT2D eigenvalue weighted by atomic mass is 9.90. The van der Waals surface area contributed by atoms with E-state index in [1.807, 2.05) is 39.0 Å². The van der Waals surface area contributed by atoms with Crippen molar-refractivity contribution in [2.75, 3.05) is 27.2 Å². The molecular weight excluding hydrogens is 572 g/mol. The van der Waals surface area contributed by atoms with Crippen LogP contribution in [0.3, 0.4) is 0 Å². The maximum Gasteiger partial charge on any atom is 0.410 e. The fourth-order valence-electron chi connectivity index (χ4n) is 5.38. The summed E-state index contributed by atoms with van der Waals surface area (Å²) in [5.74, 6) is -0.287. The lowest BCUT2D eigenvalue weighted by Gasteiger charge is -2.29. The van der Waals surface area contributed by atoms with Crippen molar-refractivity contribution in [2.24, 2.45) is 0 Å². The Morgan fingerprint density at radius 3 is 2.55 bits per heavy atom. The Hall–Kier alpha value is -3.96. The number of nitrogens with one attached hydrogen (secondary N) is 1. The van der Waals surface area contributed by atoms with Gasteiger partial charge in [-0.2, -0.15) is 8.78 Å². The Bertz CT molecular complexity index is 1370. The van der Waals surface area contributed by atoms with Gasteiger partial charge in [-0.25, -0.2) is 4.79 Å². The van der Waals surface area contributed by atoms with Crippen LogP contribution in [0.15, 0.2) is 66.4 Å². The van der Waals surface area contributed by atoms with E-state index in [9.17, 15) is 23.5 Å². The van der Waals surface area contributed by atoms with Gasteiger partial charge >= 0.3 is 12.7 Å². The van der Waals surface area contributed by atoms with Crippen LogP contribution in [0.5, 0.6) is 5.75 Å². The number of carbonyl (C=O) groups is 2. The number of nitrogens with zero attached hydrogens (tertiary/aromatic N) is 2. The van der Waals surface area contributed by atoms with Gasteiger partial charge in [0.1, 0.15) is 23.7 Å². The maximum absolute atomic E-state index is 13.5. The second-order valence-corrected chi connectivity index (χ2v) is 12.0. The SMILES string of the molecule is COC1C=CC=C(CN(C)C(=O)c2ccc(CC3CCCN3C(=O)OC(C)(C)C)c(C(O)c3ccc(OC(F)F)cc3)c2)N1. The van der Waals surface area contributed by atoms with Crippen LogP contribution < -0.4 is 10.1 Å². The summed E-state index contributed by atoms with van der Waals surface area (Å²) in [4.78, 5) is 29.8. The van der Waals surface area contributed by atoms with Gasteiger partial charge in [0.15, 0.2) is 0 Å². The summed E-state index contributed by atoms with van der Waals surface area (Å²) in [6.07, 6.45) is 5.76. The third-order valence-corrected chi connectivity index (χ3v) is 7.49. The standard InChI is InChI=1S/C33H41F2N3O6/c1-33(2,3)44-32(41)38-17-7-9-25(38)18-22-11-12-23(30(40)37(4)20-24-8-6-10-28(36-24)42-5)19-27(22)29(39)21-13-15-26(16-14-21)43-31(34)35/h6,8,10-16,19,25,28-29,31,36,39H,7,9,17-18,20H2,1-5H3. The molecule has 2 N–H and O–H groups in total. The first kappa shape index (κ1) is 32.9. The number of halogens is 2. The van der Waals surface area contributed by atoms with Crippen LogP contribution in [0.25, 0.3) is 0 Å². The Morgan fingerprint density at radius 2 is 1.89 bits per heavy atom. The number of amides is 2. The zero-order chi connectivity index (χ0) is 32.0. The summed E-state index contributed by atoms with van der Waals surface area (Å²) in [6.45, 7) is 3.37. The molecule has 2 aromatic rings. The number of likely N-dealkylation sites (tertiary alicyclic amines) is 1. The molecule has 2 aromatic carbocycles. The van der Waals surface area contributed by atoms with Crippen LogP contribution in [0.2, 0.25) is 0 Å². The molecule has 0 aliphatic carbocycles. The molecule has 44 heavy (non-hydrogen) atoms. The molecule has 0 spiro atoms. The molecule has 2 amide bonds. The summed E-state index contributed by atoms with van der Waals surface area (Å²) in [5.41, 5.74) is 2.23. The molecule has 0 bridgehead atoms. The van der Waals surface area contributed by atoms with E-state index < -0.39 is 18.3 Å². The number of rotatable bonds is 10. The van der Waals surface area contributed by atoms with Gasteiger partial charge in [-0.15, -0.1) is 0 Å². The van der Waals surface area contributed by atoms with Gasteiger partial charge in [0.2, 0.25) is 0 Å². The predicted molar refractivity (Wildman–Crippen MR) is 161 cm³/mol. The fraction of sp³-hybridized carbons (Fsp3) is 0.455. The summed E-state index contributed by atoms with van der Waals surface area (Å²) in [6, 6.07) is 10.8. The Labute approximate surface area is 257 Å². The van der Waals surface area contributed by atoms with Gasteiger partial charge in [0.25, 0.3) is 5.91 Å². The largest absolute Gasteiger partial charge is 0.444 e. The number of dihydropyridines is 1. The number of carbonyl (C=O) groups excluding carboxylic acids is 2. The van der Waals surface area contributed by atoms with Crippen LogP contribution in [-0.4, -0.2) is 78.6 Å². The van der Waals surface area contributed by atoms with E-state index in [1.54, 1.807) is 42.2 Å². The van der Waals surface area contributed by atoms with Crippen molar-refractivity contribution in [1.82, 2.24) is 15.1 Å². The number of aliphatic hydroxyl groups is 1.